The highest BCUT2D eigenvalue weighted by Crippen LogP contribution is 2.37. The molecule has 2 aromatic rings. The van der Waals surface area contributed by atoms with E-state index in [1.54, 1.807) is 24.3 Å². The van der Waals surface area contributed by atoms with Crippen molar-refractivity contribution in [3.63, 3.8) is 0 Å². The van der Waals surface area contributed by atoms with Gasteiger partial charge in [0.1, 0.15) is 5.75 Å². The van der Waals surface area contributed by atoms with Crippen LogP contribution < -0.4 is 10.5 Å². The molecule has 1 aromatic heterocycles. The smallest absolute Gasteiger partial charge is 0.387 e. The van der Waals surface area contributed by atoms with Crippen molar-refractivity contribution >= 4 is 28.1 Å². The molecule has 8 heteroatoms. The molecule has 1 fully saturated rings. The van der Waals surface area contributed by atoms with Crippen LogP contribution in [-0.2, 0) is 5.54 Å². The molecule has 0 radical (unpaired) electrons. The third kappa shape index (κ3) is 3.59. The Hall–Kier alpha value is -1.80. The van der Waals surface area contributed by atoms with E-state index in [1.807, 2.05) is 0 Å². The van der Waals surface area contributed by atoms with Crippen LogP contribution >= 0.6 is 15.9 Å². The number of alkyl halides is 2. The number of rotatable bonds is 5. The number of hydrogen-bond donors (Lipinski definition) is 1. The van der Waals surface area contributed by atoms with Crippen molar-refractivity contribution in [2.75, 3.05) is 0 Å². The molecule has 0 unspecified atom stereocenters. The maximum Gasteiger partial charge on any atom is 0.387 e. The minimum atomic E-state index is -2.89. The second-order valence-electron chi connectivity index (χ2n) is 5.36. The van der Waals surface area contributed by atoms with Crippen LogP contribution in [0.5, 0.6) is 5.75 Å². The fourth-order valence-electron chi connectivity index (χ4n) is 2.30. The summed E-state index contributed by atoms with van der Waals surface area (Å²) in [4.78, 5) is 4.24. The highest BCUT2D eigenvalue weighted by molar-refractivity contribution is 9.10. The first-order valence-electron chi connectivity index (χ1n) is 7.02. The first-order valence-corrected chi connectivity index (χ1v) is 7.81. The minimum absolute atomic E-state index is 0.0634. The Kier molecular flexibility index (Phi) is 4.45. The molecule has 0 saturated heterocycles. The predicted octanol–water partition coefficient (Wildman–Crippen LogP) is 3.94. The molecule has 0 spiro atoms. The van der Waals surface area contributed by atoms with Crippen molar-refractivity contribution in [3.05, 3.63) is 40.0 Å². The van der Waals surface area contributed by atoms with Gasteiger partial charge in [0.15, 0.2) is 5.82 Å². The molecule has 1 heterocycles. The van der Waals surface area contributed by atoms with Crippen LogP contribution in [0.3, 0.4) is 0 Å². The Bertz CT molecular complexity index is 729. The lowest BCUT2D eigenvalue weighted by Gasteiger charge is -2.34. The van der Waals surface area contributed by atoms with Gasteiger partial charge in [0.25, 0.3) is 5.89 Å². The summed E-state index contributed by atoms with van der Waals surface area (Å²) in [5.41, 5.74) is 6.08. The summed E-state index contributed by atoms with van der Waals surface area (Å²) >= 11 is 3.29. The van der Waals surface area contributed by atoms with Crippen molar-refractivity contribution < 1.29 is 18.0 Å². The number of ether oxygens (including phenoxy) is 1. The van der Waals surface area contributed by atoms with E-state index in [9.17, 15) is 8.78 Å². The largest absolute Gasteiger partial charge is 0.434 e. The van der Waals surface area contributed by atoms with Gasteiger partial charge in [0, 0.05) is 16.1 Å². The minimum Gasteiger partial charge on any atom is -0.434 e. The highest BCUT2D eigenvalue weighted by atomic mass is 79.9. The number of benzene rings is 1. The van der Waals surface area contributed by atoms with Crippen LogP contribution in [-0.4, -0.2) is 16.8 Å². The maximum absolute atomic E-state index is 12.4. The molecule has 122 valence electrons. The summed E-state index contributed by atoms with van der Waals surface area (Å²) in [7, 11) is 0. The molecule has 5 nitrogen and oxygen atoms in total. The summed E-state index contributed by atoms with van der Waals surface area (Å²) in [5.74, 6) is 0.801. The van der Waals surface area contributed by atoms with Crippen molar-refractivity contribution in [1.29, 1.82) is 0 Å². The van der Waals surface area contributed by atoms with Gasteiger partial charge >= 0.3 is 6.61 Å². The lowest BCUT2D eigenvalue weighted by Crippen LogP contribution is -2.44. The summed E-state index contributed by atoms with van der Waals surface area (Å²) in [6.07, 6.45) is 5.81. The molecule has 1 aliphatic carbocycles. The van der Waals surface area contributed by atoms with Crippen LogP contribution in [0.15, 0.2) is 27.2 Å². The molecule has 0 aliphatic heterocycles. The Morgan fingerprint density at radius 2 is 2.13 bits per heavy atom. The molecule has 0 amide bonds. The van der Waals surface area contributed by atoms with E-state index in [0.717, 1.165) is 23.7 Å². The maximum atomic E-state index is 12.4. The van der Waals surface area contributed by atoms with Crippen molar-refractivity contribution in [2.24, 2.45) is 5.73 Å². The normalized spacial score (nSPS) is 16.7. The van der Waals surface area contributed by atoms with Crippen LogP contribution in [0.4, 0.5) is 8.78 Å². The first kappa shape index (κ1) is 16.1. The van der Waals surface area contributed by atoms with Gasteiger partial charge in [-0.3, -0.25) is 0 Å². The molecule has 2 N–H and O–H groups in total. The number of hydrogen-bond acceptors (Lipinski definition) is 5. The summed E-state index contributed by atoms with van der Waals surface area (Å²) in [6.45, 7) is -2.89. The number of halogens is 3. The fraction of sp³-hybridized carbons (Fsp3) is 0.333. The Labute approximate surface area is 139 Å². The average molecular weight is 386 g/mol. The van der Waals surface area contributed by atoms with Crippen LogP contribution in [0.25, 0.3) is 12.2 Å². The molecule has 1 saturated carbocycles. The van der Waals surface area contributed by atoms with Crippen molar-refractivity contribution in [1.82, 2.24) is 10.1 Å². The molecule has 3 rings (SSSR count). The van der Waals surface area contributed by atoms with Crippen molar-refractivity contribution in [3.8, 4) is 5.75 Å². The van der Waals surface area contributed by atoms with Gasteiger partial charge in [-0.25, -0.2) is 0 Å². The average Bonchev–Trinajstić information content (AvgIpc) is 2.94. The monoisotopic (exact) mass is 385 g/mol. The topological polar surface area (TPSA) is 74.2 Å². The lowest BCUT2D eigenvalue weighted by atomic mass is 9.77. The number of aromatic nitrogens is 2. The molecular weight excluding hydrogens is 372 g/mol. The predicted molar refractivity (Wildman–Crippen MR) is 83.7 cm³/mol. The van der Waals surface area contributed by atoms with Gasteiger partial charge in [-0.1, -0.05) is 21.1 Å². The quantitative estimate of drug-likeness (QED) is 0.843. The Morgan fingerprint density at radius 1 is 1.35 bits per heavy atom. The van der Waals surface area contributed by atoms with E-state index in [0.29, 0.717) is 11.4 Å². The Morgan fingerprint density at radius 3 is 2.78 bits per heavy atom. The molecular formula is C15H14BrF2N3O2. The number of nitrogens with zero attached hydrogens (tertiary/aromatic N) is 2. The SMILES string of the molecule is NC1(c2noc(/C=C/c3cc(Br)ccc3OC(F)F)n2)CCC1. The highest BCUT2D eigenvalue weighted by Gasteiger charge is 2.38. The zero-order chi connectivity index (χ0) is 16.4. The fourth-order valence-corrected chi connectivity index (χ4v) is 2.68. The van der Waals surface area contributed by atoms with Crippen molar-refractivity contribution in [2.45, 2.75) is 31.4 Å². The first-order chi connectivity index (χ1) is 11.0. The standard InChI is InChI=1S/C15H14BrF2N3O2/c16-10-3-4-11(22-14(17)18)9(8-10)2-5-12-20-13(21-23-12)15(19)6-1-7-15/h2-5,8,14H,1,6-7,19H2/b5-2+. The van der Waals surface area contributed by atoms with Crippen LogP contribution in [0.2, 0.25) is 0 Å². The summed E-state index contributed by atoms with van der Waals surface area (Å²) in [5, 5.41) is 3.89. The molecule has 1 aromatic carbocycles. The van der Waals surface area contributed by atoms with E-state index < -0.39 is 12.2 Å². The molecule has 1 aliphatic rings. The second-order valence-corrected chi connectivity index (χ2v) is 6.28. The third-order valence-electron chi connectivity index (χ3n) is 3.73. The van der Waals surface area contributed by atoms with Gasteiger partial charge in [-0.05, 0) is 43.5 Å². The van der Waals surface area contributed by atoms with E-state index in [4.69, 9.17) is 10.3 Å². The number of nitrogens with two attached hydrogens (primary N) is 1. The second kappa shape index (κ2) is 6.37. The lowest BCUT2D eigenvalue weighted by molar-refractivity contribution is -0.0499. The van der Waals surface area contributed by atoms with Crippen LogP contribution in [0.1, 0.15) is 36.5 Å². The Balaban J connectivity index is 1.81. The van der Waals surface area contributed by atoms with E-state index in [-0.39, 0.29) is 11.6 Å². The third-order valence-corrected chi connectivity index (χ3v) is 4.22. The van der Waals surface area contributed by atoms with Gasteiger partial charge in [0.2, 0.25) is 0 Å². The zero-order valence-electron chi connectivity index (χ0n) is 12.0. The van der Waals surface area contributed by atoms with Gasteiger partial charge in [-0.15, -0.1) is 0 Å². The summed E-state index contributed by atoms with van der Waals surface area (Å²) < 4.78 is 35.2. The summed E-state index contributed by atoms with van der Waals surface area (Å²) in [6, 6.07) is 4.73. The molecule has 23 heavy (non-hydrogen) atoms. The van der Waals surface area contributed by atoms with Crippen LogP contribution in [0, 0.1) is 0 Å². The zero-order valence-corrected chi connectivity index (χ0v) is 13.6. The van der Waals surface area contributed by atoms with Gasteiger partial charge < -0.3 is 15.0 Å². The van der Waals surface area contributed by atoms with E-state index in [1.165, 1.54) is 6.07 Å². The molecule has 0 atom stereocenters. The van der Waals surface area contributed by atoms with Gasteiger partial charge in [-0.2, -0.15) is 13.8 Å². The molecule has 0 bridgehead atoms. The van der Waals surface area contributed by atoms with E-state index >= 15 is 0 Å². The van der Waals surface area contributed by atoms with E-state index in [2.05, 4.69) is 30.8 Å². The van der Waals surface area contributed by atoms with Gasteiger partial charge in [0.05, 0.1) is 5.54 Å².